The standard InChI is InChI=1S/C13H26O/c1-4-11(3)8-9-12-7-6-10-13(12,14)5-2/h11-12,14H,4-10H2,1-3H3. The average Bonchev–Trinajstić information content (AvgIpc) is 2.57. The maximum atomic E-state index is 10.3. The van der Waals surface area contributed by atoms with Crippen molar-refractivity contribution in [2.45, 2.75) is 71.3 Å². The minimum Gasteiger partial charge on any atom is -0.390 e. The zero-order chi connectivity index (χ0) is 10.6. The molecule has 0 saturated heterocycles. The van der Waals surface area contributed by atoms with Gasteiger partial charge in [-0.25, -0.2) is 0 Å². The van der Waals surface area contributed by atoms with Gasteiger partial charge in [-0.3, -0.25) is 0 Å². The summed E-state index contributed by atoms with van der Waals surface area (Å²) in [4.78, 5) is 0. The molecule has 0 spiro atoms. The number of rotatable bonds is 5. The molecule has 3 atom stereocenters. The molecule has 1 N–H and O–H groups in total. The summed E-state index contributed by atoms with van der Waals surface area (Å²) in [5, 5.41) is 10.3. The highest BCUT2D eigenvalue weighted by Gasteiger charge is 2.38. The Balaban J connectivity index is 2.36. The molecule has 84 valence electrons. The summed E-state index contributed by atoms with van der Waals surface area (Å²) in [5.41, 5.74) is -0.312. The third-order valence-corrected chi connectivity index (χ3v) is 4.24. The molecule has 0 aromatic carbocycles. The van der Waals surface area contributed by atoms with Gasteiger partial charge in [0.2, 0.25) is 0 Å². The molecule has 0 radical (unpaired) electrons. The molecule has 0 aromatic heterocycles. The lowest BCUT2D eigenvalue weighted by atomic mass is 9.83. The van der Waals surface area contributed by atoms with E-state index in [2.05, 4.69) is 20.8 Å². The maximum Gasteiger partial charge on any atom is 0.0673 e. The lowest BCUT2D eigenvalue weighted by molar-refractivity contribution is -0.00606. The van der Waals surface area contributed by atoms with E-state index in [1.807, 2.05) is 0 Å². The van der Waals surface area contributed by atoms with Gasteiger partial charge in [-0.1, -0.05) is 40.0 Å². The van der Waals surface area contributed by atoms with Crippen molar-refractivity contribution in [2.24, 2.45) is 11.8 Å². The van der Waals surface area contributed by atoms with Crippen molar-refractivity contribution < 1.29 is 5.11 Å². The molecule has 3 unspecified atom stereocenters. The van der Waals surface area contributed by atoms with Crippen LogP contribution in [-0.2, 0) is 0 Å². The first-order valence-electron chi connectivity index (χ1n) is 6.34. The molecule has 1 saturated carbocycles. The van der Waals surface area contributed by atoms with Crippen LogP contribution in [0.4, 0.5) is 0 Å². The van der Waals surface area contributed by atoms with Crippen LogP contribution in [0.25, 0.3) is 0 Å². The van der Waals surface area contributed by atoms with Gasteiger partial charge in [-0.2, -0.15) is 0 Å². The predicted octanol–water partition coefficient (Wildman–Crippen LogP) is 3.75. The van der Waals surface area contributed by atoms with Crippen molar-refractivity contribution in [3.05, 3.63) is 0 Å². The molecule has 1 heteroatoms. The smallest absolute Gasteiger partial charge is 0.0673 e. The first-order chi connectivity index (χ1) is 6.62. The fourth-order valence-electron chi connectivity index (χ4n) is 2.70. The van der Waals surface area contributed by atoms with E-state index >= 15 is 0 Å². The highest BCUT2D eigenvalue weighted by molar-refractivity contribution is 4.91. The van der Waals surface area contributed by atoms with Crippen LogP contribution in [-0.4, -0.2) is 10.7 Å². The Morgan fingerprint density at radius 2 is 2.14 bits per heavy atom. The summed E-state index contributed by atoms with van der Waals surface area (Å²) in [6, 6.07) is 0. The largest absolute Gasteiger partial charge is 0.390 e. The highest BCUT2D eigenvalue weighted by atomic mass is 16.3. The van der Waals surface area contributed by atoms with Crippen molar-refractivity contribution in [1.82, 2.24) is 0 Å². The second-order valence-corrected chi connectivity index (χ2v) is 5.14. The molecule has 0 bridgehead atoms. The molecule has 0 aromatic rings. The quantitative estimate of drug-likeness (QED) is 0.713. The molecule has 1 aliphatic rings. The molecular formula is C13H26O. The molecule has 0 aliphatic heterocycles. The number of hydrogen-bond acceptors (Lipinski definition) is 1. The third-order valence-electron chi connectivity index (χ3n) is 4.24. The molecule has 1 nitrogen and oxygen atoms in total. The van der Waals surface area contributed by atoms with E-state index in [0.29, 0.717) is 5.92 Å². The van der Waals surface area contributed by atoms with Gasteiger partial charge in [0.25, 0.3) is 0 Å². The first-order valence-corrected chi connectivity index (χ1v) is 6.34. The minimum absolute atomic E-state index is 0.312. The predicted molar refractivity (Wildman–Crippen MR) is 61.3 cm³/mol. The van der Waals surface area contributed by atoms with Gasteiger partial charge in [0.15, 0.2) is 0 Å². The lowest BCUT2D eigenvalue weighted by Gasteiger charge is -2.29. The van der Waals surface area contributed by atoms with Crippen LogP contribution in [0.5, 0.6) is 0 Å². The van der Waals surface area contributed by atoms with Crippen LogP contribution in [0.1, 0.15) is 65.7 Å². The summed E-state index contributed by atoms with van der Waals surface area (Å²) < 4.78 is 0. The van der Waals surface area contributed by atoms with Crippen LogP contribution < -0.4 is 0 Å². The zero-order valence-electron chi connectivity index (χ0n) is 10.1. The van der Waals surface area contributed by atoms with Crippen LogP contribution in [0.2, 0.25) is 0 Å². The Kier molecular flexibility index (Phi) is 4.43. The summed E-state index contributed by atoms with van der Waals surface area (Å²) in [6.45, 7) is 6.70. The third kappa shape index (κ3) is 2.73. The van der Waals surface area contributed by atoms with Crippen molar-refractivity contribution >= 4 is 0 Å². The van der Waals surface area contributed by atoms with Crippen LogP contribution in [0.3, 0.4) is 0 Å². The normalized spacial score (nSPS) is 34.7. The molecule has 0 amide bonds. The van der Waals surface area contributed by atoms with Crippen molar-refractivity contribution in [3.8, 4) is 0 Å². The zero-order valence-corrected chi connectivity index (χ0v) is 10.1. The van der Waals surface area contributed by atoms with E-state index in [0.717, 1.165) is 18.8 Å². The van der Waals surface area contributed by atoms with E-state index in [1.54, 1.807) is 0 Å². The molecule has 14 heavy (non-hydrogen) atoms. The van der Waals surface area contributed by atoms with E-state index in [-0.39, 0.29) is 5.60 Å². The second-order valence-electron chi connectivity index (χ2n) is 5.14. The highest BCUT2D eigenvalue weighted by Crippen LogP contribution is 2.41. The van der Waals surface area contributed by atoms with E-state index in [9.17, 15) is 5.11 Å². The van der Waals surface area contributed by atoms with Gasteiger partial charge in [0.05, 0.1) is 5.60 Å². The summed E-state index contributed by atoms with van der Waals surface area (Å²) in [6.07, 6.45) is 8.27. The first kappa shape index (κ1) is 12.0. The van der Waals surface area contributed by atoms with Crippen LogP contribution in [0.15, 0.2) is 0 Å². The molecule has 1 fully saturated rings. The Morgan fingerprint density at radius 1 is 1.43 bits per heavy atom. The molecule has 1 rings (SSSR count). The Morgan fingerprint density at radius 3 is 2.71 bits per heavy atom. The maximum absolute atomic E-state index is 10.3. The average molecular weight is 198 g/mol. The van der Waals surface area contributed by atoms with Gasteiger partial charge in [0.1, 0.15) is 0 Å². The fourth-order valence-corrected chi connectivity index (χ4v) is 2.70. The van der Waals surface area contributed by atoms with Gasteiger partial charge in [-0.15, -0.1) is 0 Å². The van der Waals surface area contributed by atoms with Gasteiger partial charge in [-0.05, 0) is 37.5 Å². The summed E-state index contributed by atoms with van der Waals surface area (Å²) in [5.74, 6) is 1.42. The van der Waals surface area contributed by atoms with E-state index in [4.69, 9.17) is 0 Å². The SMILES string of the molecule is CCC(C)CCC1CCCC1(O)CC. The van der Waals surface area contributed by atoms with Crippen molar-refractivity contribution in [2.75, 3.05) is 0 Å². The molecule has 1 aliphatic carbocycles. The topological polar surface area (TPSA) is 20.2 Å². The van der Waals surface area contributed by atoms with Crippen LogP contribution in [0, 0.1) is 11.8 Å². The van der Waals surface area contributed by atoms with Gasteiger partial charge in [0, 0.05) is 0 Å². The number of hydrogen-bond donors (Lipinski definition) is 1. The van der Waals surface area contributed by atoms with Crippen molar-refractivity contribution in [3.63, 3.8) is 0 Å². The van der Waals surface area contributed by atoms with Gasteiger partial charge < -0.3 is 5.11 Å². The van der Waals surface area contributed by atoms with E-state index < -0.39 is 0 Å². The second kappa shape index (κ2) is 5.16. The van der Waals surface area contributed by atoms with Crippen molar-refractivity contribution in [1.29, 1.82) is 0 Å². The number of aliphatic hydroxyl groups is 1. The monoisotopic (exact) mass is 198 g/mol. The lowest BCUT2D eigenvalue weighted by Crippen LogP contribution is -2.32. The van der Waals surface area contributed by atoms with E-state index in [1.165, 1.54) is 32.1 Å². The molecular weight excluding hydrogens is 172 g/mol. The Bertz CT molecular complexity index is 167. The summed E-state index contributed by atoms with van der Waals surface area (Å²) >= 11 is 0. The minimum atomic E-state index is -0.312. The van der Waals surface area contributed by atoms with Gasteiger partial charge >= 0.3 is 0 Å². The fraction of sp³-hybridized carbons (Fsp3) is 1.00. The Labute approximate surface area is 88.9 Å². The van der Waals surface area contributed by atoms with Crippen LogP contribution >= 0.6 is 0 Å². The summed E-state index contributed by atoms with van der Waals surface area (Å²) in [7, 11) is 0. The molecule has 0 heterocycles. The Hall–Kier alpha value is -0.0400.